The van der Waals surface area contributed by atoms with E-state index in [1.54, 1.807) is 6.07 Å². The highest BCUT2D eigenvalue weighted by Crippen LogP contribution is 2.27. The molecule has 27 heavy (non-hydrogen) atoms. The van der Waals surface area contributed by atoms with Gasteiger partial charge in [-0.25, -0.2) is 0 Å². The monoisotopic (exact) mass is 394 g/mol. The molecule has 0 saturated heterocycles. The average Bonchev–Trinajstić information content (AvgIpc) is 2.62. The van der Waals surface area contributed by atoms with Crippen molar-refractivity contribution in [2.75, 3.05) is 11.9 Å². The standard InChI is InChI=1S/C20H26N2O4.ClH/c1-13-3-7-16(8-4-13)22-20(26)10-5-14(2)21-12-19(25)15-6-9-17(23)18(24)11-15;/h3-4,6-9,11,14,19,21,23-25H,5,10,12H2,1-2H3,(H,22,26);1H. The average molecular weight is 395 g/mol. The van der Waals surface area contributed by atoms with Gasteiger partial charge in [-0.2, -0.15) is 0 Å². The van der Waals surface area contributed by atoms with Gasteiger partial charge in [-0.1, -0.05) is 23.8 Å². The Bertz CT molecular complexity index is 737. The predicted octanol–water partition coefficient (Wildman–Crippen LogP) is 3.26. The fraction of sp³-hybridized carbons (Fsp3) is 0.350. The molecule has 2 rings (SSSR count). The number of benzene rings is 2. The van der Waals surface area contributed by atoms with E-state index in [9.17, 15) is 20.1 Å². The van der Waals surface area contributed by atoms with Crippen molar-refractivity contribution in [3.05, 3.63) is 53.6 Å². The Morgan fingerprint density at radius 3 is 2.37 bits per heavy atom. The van der Waals surface area contributed by atoms with Gasteiger partial charge in [-0.15, -0.1) is 12.4 Å². The van der Waals surface area contributed by atoms with Crippen molar-refractivity contribution in [2.24, 2.45) is 0 Å². The molecular weight excluding hydrogens is 368 g/mol. The summed E-state index contributed by atoms with van der Waals surface area (Å²) in [5, 5.41) is 35.0. The summed E-state index contributed by atoms with van der Waals surface area (Å²) in [6.45, 7) is 4.22. The lowest BCUT2D eigenvalue weighted by atomic mass is 10.1. The second-order valence-corrected chi connectivity index (χ2v) is 6.53. The zero-order chi connectivity index (χ0) is 19.1. The van der Waals surface area contributed by atoms with Gasteiger partial charge in [-0.3, -0.25) is 4.79 Å². The van der Waals surface area contributed by atoms with Crippen molar-refractivity contribution in [1.29, 1.82) is 0 Å². The lowest BCUT2D eigenvalue weighted by Crippen LogP contribution is -2.31. The maximum atomic E-state index is 12.0. The van der Waals surface area contributed by atoms with Gasteiger partial charge in [0.15, 0.2) is 11.5 Å². The number of carbonyl (C=O) groups excluding carboxylic acids is 1. The van der Waals surface area contributed by atoms with Gasteiger partial charge in [0.1, 0.15) is 0 Å². The van der Waals surface area contributed by atoms with E-state index in [1.807, 2.05) is 38.1 Å². The van der Waals surface area contributed by atoms with Crippen LogP contribution in [0.25, 0.3) is 0 Å². The number of aliphatic hydroxyl groups excluding tert-OH is 1. The number of phenolic OH excluding ortho intramolecular Hbond substituents is 2. The molecule has 0 aliphatic carbocycles. The van der Waals surface area contributed by atoms with Gasteiger partial charge in [0.2, 0.25) is 5.91 Å². The number of aliphatic hydroxyl groups is 1. The summed E-state index contributed by atoms with van der Waals surface area (Å²) >= 11 is 0. The van der Waals surface area contributed by atoms with Crippen LogP contribution in [0.3, 0.4) is 0 Å². The summed E-state index contributed by atoms with van der Waals surface area (Å²) < 4.78 is 0. The SMILES string of the molecule is Cc1ccc(NC(=O)CCC(C)NCC(O)c2ccc(O)c(O)c2)cc1.Cl. The van der Waals surface area contributed by atoms with Crippen molar-refractivity contribution in [1.82, 2.24) is 5.32 Å². The summed E-state index contributed by atoms with van der Waals surface area (Å²) in [5.41, 5.74) is 2.43. The molecule has 2 unspecified atom stereocenters. The Kier molecular flexibility index (Phi) is 9.08. The molecule has 2 atom stereocenters. The second kappa shape index (κ2) is 10.8. The highest BCUT2D eigenvalue weighted by molar-refractivity contribution is 5.90. The van der Waals surface area contributed by atoms with E-state index >= 15 is 0 Å². The van der Waals surface area contributed by atoms with Gasteiger partial charge >= 0.3 is 0 Å². The molecule has 0 aliphatic rings. The number of aromatic hydroxyl groups is 2. The molecule has 0 saturated carbocycles. The largest absolute Gasteiger partial charge is 0.504 e. The molecule has 0 aliphatic heterocycles. The van der Waals surface area contributed by atoms with Gasteiger partial charge < -0.3 is 26.0 Å². The molecule has 0 aromatic heterocycles. The Labute approximate surface area is 165 Å². The zero-order valence-corrected chi connectivity index (χ0v) is 16.3. The molecule has 2 aromatic rings. The van der Waals surface area contributed by atoms with Crippen LogP contribution < -0.4 is 10.6 Å². The maximum absolute atomic E-state index is 12.0. The summed E-state index contributed by atoms with van der Waals surface area (Å²) in [5.74, 6) is -0.532. The van der Waals surface area contributed by atoms with Crippen molar-refractivity contribution < 1.29 is 20.1 Å². The minimum atomic E-state index is -0.815. The Morgan fingerprint density at radius 1 is 1.07 bits per heavy atom. The van der Waals surface area contributed by atoms with Crippen LogP contribution in [0, 0.1) is 6.92 Å². The van der Waals surface area contributed by atoms with E-state index in [4.69, 9.17) is 0 Å². The summed E-state index contributed by atoms with van der Waals surface area (Å²) in [4.78, 5) is 12.0. The molecule has 0 bridgehead atoms. The molecular formula is C20H27ClN2O4. The van der Waals surface area contributed by atoms with Crippen LogP contribution in [0.4, 0.5) is 5.69 Å². The smallest absolute Gasteiger partial charge is 0.224 e. The summed E-state index contributed by atoms with van der Waals surface area (Å²) in [6.07, 6.45) is 0.189. The van der Waals surface area contributed by atoms with Crippen molar-refractivity contribution >= 4 is 24.0 Å². The molecule has 0 heterocycles. The van der Waals surface area contributed by atoms with E-state index in [-0.39, 0.29) is 42.4 Å². The first-order chi connectivity index (χ1) is 12.3. The Hall–Kier alpha value is -2.28. The third-order valence-electron chi connectivity index (χ3n) is 4.18. The first-order valence-corrected chi connectivity index (χ1v) is 8.65. The zero-order valence-electron chi connectivity index (χ0n) is 15.5. The van der Waals surface area contributed by atoms with Gasteiger partial charge in [-0.05, 0) is 50.1 Å². The van der Waals surface area contributed by atoms with Crippen LogP contribution in [-0.4, -0.2) is 33.8 Å². The highest BCUT2D eigenvalue weighted by atomic mass is 35.5. The van der Waals surface area contributed by atoms with Crippen LogP contribution in [0.15, 0.2) is 42.5 Å². The third kappa shape index (κ3) is 7.46. The van der Waals surface area contributed by atoms with Gasteiger partial charge in [0, 0.05) is 24.7 Å². The summed E-state index contributed by atoms with van der Waals surface area (Å²) in [7, 11) is 0. The maximum Gasteiger partial charge on any atom is 0.224 e. The number of hydrogen-bond acceptors (Lipinski definition) is 5. The van der Waals surface area contributed by atoms with E-state index in [0.29, 0.717) is 18.4 Å². The van der Waals surface area contributed by atoms with Crippen LogP contribution in [0.5, 0.6) is 11.5 Å². The van der Waals surface area contributed by atoms with Crippen LogP contribution in [0.1, 0.15) is 37.0 Å². The van der Waals surface area contributed by atoms with Crippen LogP contribution in [0.2, 0.25) is 0 Å². The van der Waals surface area contributed by atoms with E-state index in [0.717, 1.165) is 11.3 Å². The molecule has 6 nitrogen and oxygen atoms in total. The molecule has 0 spiro atoms. The second-order valence-electron chi connectivity index (χ2n) is 6.53. The highest BCUT2D eigenvalue weighted by Gasteiger charge is 2.12. The number of carbonyl (C=O) groups is 1. The van der Waals surface area contributed by atoms with Crippen molar-refractivity contribution in [3.8, 4) is 11.5 Å². The van der Waals surface area contributed by atoms with E-state index in [1.165, 1.54) is 12.1 Å². The number of amides is 1. The molecule has 7 heteroatoms. The number of aryl methyl sites for hydroxylation is 1. The van der Waals surface area contributed by atoms with Crippen LogP contribution in [-0.2, 0) is 4.79 Å². The number of hydrogen-bond donors (Lipinski definition) is 5. The number of rotatable bonds is 8. The van der Waals surface area contributed by atoms with Crippen molar-refractivity contribution in [2.45, 2.75) is 38.8 Å². The fourth-order valence-electron chi connectivity index (χ4n) is 2.49. The van der Waals surface area contributed by atoms with Crippen LogP contribution >= 0.6 is 12.4 Å². The minimum Gasteiger partial charge on any atom is -0.504 e. The number of nitrogens with one attached hydrogen (secondary N) is 2. The first-order valence-electron chi connectivity index (χ1n) is 8.65. The van der Waals surface area contributed by atoms with Gasteiger partial charge in [0.05, 0.1) is 6.10 Å². The third-order valence-corrected chi connectivity index (χ3v) is 4.18. The lowest BCUT2D eigenvalue weighted by molar-refractivity contribution is -0.116. The number of halogens is 1. The predicted molar refractivity (Wildman–Crippen MR) is 108 cm³/mol. The summed E-state index contributed by atoms with van der Waals surface area (Å²) in [6, 6.07) is 11.9. The molecule has 148 valence electrons. The van der Waals surface area contributed by atoms with E-state index < -0.39 is 6.10 Å². The molecule has 2 aromatic carbocycles. The fourth-order valence-corrected chi connectivity index (χ4v) is 2.49. The molecule has 1 amide bonds. The van der Waals surface area contributed by atoms with Gasteiger partial charge in [0.25, 0.3) is 0 Å². The lowest BCUT2D eigenvalue weighted by Gasteiger charge is -2.17. The Balaban J connectivity index is 0.00000364. The molecule has 0 radical (unpaired) electrons. The number of phenols is 2. The van der Waals surface area contributed by atoms with E-state index in [2.05, 4.69) is 10.6 Å². The molecule has 5 N–H and O–H groups in total. The topological polar surface area (TPSA) is 102 Å². The normalized spacial score (nSPS) is 12.7. The number of anilines is 1. The van der Waals surface area contributed by atoms with Crippen molar-refractivity contribution in [3.63, 3.8) is 0 Å². The quantitative estimate of drug-likeness (QED) is 0.442. The first kappa shape index (κ1) is 22.8. The Morgan fingerprint density at radius 2 is 1.74 bits per heavy atom. The minimum absolute atomic E-state index is 0. The molecule has 0 fully saturated rings.